The van der Waals surface area contributed by atoms with Gasteiger partial charge in [0.1, 0.15) is 17.7 Å². The van der Waals surface area contributed by atoms with Gasteiger partial charge in [0.15, 0.2) is 0 Å². The monoisotopic (exact) mass is 318 g/mol. The fourth-order valence-electron chi connectivity index (χ4n) is 2.76. The molecule has 0 unspecified atom stereocenters. The number of aromatic nitrogens is 2. The number of amides is 2. The number of likely N-dealkylation sites (tertiary alicyclic amines) is 1. The van der Waals surface area contributed by atoms with Gasteiger partial charge in [-0.25, -0.2) is 9.97 Å². The van der Waals surface area contributed by atoms with Crippen LogP contribution in [0.4, 0.5) is 5.82 Å². The van der Waals surface area contributed by atoms with Gasteiger partial charge in [0.2, 0.25) is 11.8 Å². The van der Waals surface area contributed by atoms with Gasteiger partial charge in [0.05, 0.1) is 0 Å². The molecular weight excluding hydrogens is 292 g/mol. The lowest BCUT2D eigenvalue weighted by molar-refractivity contribution is -0.139. The van der Waals surface area contributed by atoms with Crippen LogP contribution in [0.15, 0.2) is 6.07 Å². The van der Waals surface area contributed by atoms with E-state index in [-0.39, 0.29) is 23.7 Å². The molecule has 2 rings (SSSR count). The molecule has 1 N–H and O–H groups in total. The van der Waals surface area contributed by atoms with Crippen LogP contribution in [0.1, 0.15) is 58.0 Å². The molecule has 126 valence electrons. The van der Waals surface area contributed by atoms with Crippen molar-refractivity contribution in [3.63, 3.8) is 0 Å². The smallest absolute Gasteiger partial charge is 0.248 e. The molecule has 23 heavy (non-hydrogen) atoms. The third kappa shape index (κ3) is 4.06. The van der Waals surface area contributed by atoms with Crippen molar-refractivity contribution in [2.45, 2.75) is 59.4 Å². The number of carbonyl (C=O) groups is 2. The number of anilines is 1. The van der Waals surface area contributed by atoms with Crippen LogP contribution in [0.5, 0.6) is 0 Å². The van der Waals surface area contributed by atoms with E-state index in [1.807, 2.05) is 34.6 Å². The van der Waals surface area contributed by atoms with E-state index < -0.39 is 6.04 Å². The molecule has 1 fully saturated rings. The average molecular weight is 318 g/mol. The maximum atomic E-state index is 12.6. The first kappa shape index (κ1) is 17.4. The van der Waals surface area contributed by atoms with Crippen LogP contribution < -0.4 is 5.32 Å². The molecule has 1 atom stereocenters. The SMILES string of the molecule is Cc1cc(NC(=O)[C@H]2CCCN2C(=O)C(C)C)nc(C(C)C)n1. The molecular formula is C17H26N4O2. The second kappa shape index (κ2) is 7.06. The number of carbonyl (C=O) groups excluding carboxylic acids is 2. The normalized spacial score (nSPS) is 17.9. The zero-order valence-corrected chi connectivity index (χ0v) is 14.6. The molecule has 0 aromatic carbocycles. The summed E-state index contributed by atoms with van der Waals surface area (Å²) < 4.78 is 0. The van der Waals surface area contributed by atoms with Gasteiger partial charge in [-0.2, -0.15) is 0 Å². The molecule has 0 bridgehead atoms. The highest BCUT2D eigenvalue weighted by Gasteiger charge is 2.35. The molecule has 0 radical (unpaired) electrons. The molecule has 1 saturated heterocycles. The molecule has 0 saturated carbocycles. The van der Waals surface area contributed by atoms with Gasteiger partial charge >= 0.3 is 0 Å². The zero-order chi connectivity index (χ0) is 17.1. The van der Waals surface area contributed by atoms with Crippen LogP contribution in [-0.2, 0) is 9.59 Å². The Morgan fingerprint density at radius 2 is 1.96 bits per heavy atom. The molecule has 0 spiro atoms. The predicted molar refractivity (Wildman–Crippen MR) is 89.1 cm³/mol. The van der Waals surface area contributed by atoms with Crippen LogP contribution in [0.25, 0.3) is 0 Å². The van der Waals surface area contributed by atoms with Gasteiger partial charge in [-0.3, -0.25) is 9.59 Å². The highest BCUT2D eigenvalue weighted by Crippen LogP contribution is 2.21. The molecule has 1 aromatic heterocycles. The van der Waals surface area contributed by atoms with Crippen LogP contribution >= 0.6 is 0 Å². The Hall–Kier alpha value is -1.98. The Morgan fingerprint density at radius 1 is 1.26 bits per heavy atom. The van der Waals surface area contributed by atoms with Crippen LogP contribution in [-0.4, -0.2) is 39.3 Å². The van der Waals surface area contributed by atoms with Crippen molar-refractivity contribution in [2.24, 2.45) is 5.92 Å². The first-order valence-electron chi connectivity index (χ1n) is 8.26. The van der Waals surface area contributed by atoms with Gasteiger partial charge in [-0.15, -0.1) is 0 Å². The third-order valence-corrected chi connectivity index (χ3v) is 3.97. The Balaban J connectivity index is 2.14. The summed E-state index contributed by atoms with van der Waals surface area (Å²) in [4.78, 5) is 35.3. The Morgan fingerprint density at radius 3 is 2.57 bits per heavy atom. The number of hydrogen-bond acceptors (Lipinski definition) is 4. The Labute approximate surface area is 137 Å². The van der Waals surface area contributed by atoms with Gasteiger partial charge in [-0.1, -0.05) is 27.7 Å². The number of hydrogen-bond donors (Lipinski definition) is 1. The molecule has 2 heterocycles. The van der Waals surface area contributed by atoms with Gasteiger partial charge in [-0.05, 0) is 19.8 Å². The fourth-order valence-corrected chi connectivity index (χ4v) is 2.76. The summed E-state index contributed by atoms with van der Waals surface area (Å²) in [6.45, 7) is 10.3. The summed E-state index contributed by atoms with van der Waals surface area (Å²) in [5, 5.41) is 2.86. The molecule has 1 aromatic rings. The first-order chi connectivity index (χ1) is 10.8. The molecule has 1 aliphatic heterocycles. The van der Waals surface area contributed by atoms with E-state index in [4.69, 9.17) is 0 Å². The van der Waals surface area contributed by atoms with Crippen molar-refractivity contribution < 1.29 is 9.59 Å². The predicted octanol–water partition coefficient (Wildman–Crippen LogP) is 2.49. The Bertz CT molecular complexity index is 598. The topological polar surface area (TPSA) is 75.2 Å². The van der Waals surface area contributed by atoms with Crippen molar-refractivity contribution >= 4 is 17.6 Å². The standard InChI is InChI=1S/C17H26N4O2/c1-10(2)15-18-12(5)9-14(19-15)20-16(22)13-7-6-8-21(13)17(23)11(3)4/h9-11,13H,6-8H2,1-5H3,(H,18,19,20,22)/t13-/m1/s1. The third-order valence-electron chi connectivity index (χ3n) is 3.97. The van der Waals surface area contributed by atoms with Gasteiger partial charge < -0.3 is 10.2 Å². The molecule has 0 aliphatic carbocycles. The largest absolute Gasteiger partial charge is 0.330 e. The lowest BCUT2D eigenvalue weighted by atomic mass is 10.1. The summed E-state index contributed by atoms with van der Waals surface area (Å²) >= 11 is 0. The van der Waals surface area contributed by atoms with Crippen LogP contribution in [0.2, 0.25) is 0 Å². The highest BCUT2D eigenvalue weighted by molar-refractivity contribution is 5.97. The lowest BCUT2D eigenvalue weighted by Crippen LogP contribution is -2.44. The molecule has 6 heteroatoms. The van der Waals surface area contributed by atoms with Crippen molar-refractivity contribution in [3.05, 3.63) is 17.6 Å². The second-order valence-corrected chi connectivity index (χ2v) is 6.74. The number of nitrogens with zero attached hydrogens (tertiary/aromatic N) is 3. The summed E-state index contributed by atoms with van der Waals surface area (Å²) in [6, 6.07) is 1.36. The van der Waals surface area contributed by atoms with Gasteiger partial charge in [0.25, 0.3) is 0 Å². The molecule has 6 nitrogen and oxygen atoms in total. The minimum absolute atomic E-state index is 0.0318. The summed E-state index contributed by atoms with van der Waals surface area (Å²) in [5.41, 5.74) is 0.820. The van der Waals surface area contributed by atoms with E-state index in [1.165, 1.54) is 0 Å². The van der Waals surface area contributed by atoms with Crippen LogP contribution in [0, 0.1) is 12.8 Å². The minimum Gasteiger partial charge on any atom is -0.330 e. The summed E-state index contributed by atoms with van der Waals surface area (Å²) in [7, 11) is 0. The fraction of sp³-hybridized carbons (Fsp3) is 0.647. The minimum atomic E-state index is -0.400. The lowest BCUT2D eigenvalue weighted by Gasteiger charge is -2.25. The molecule has 2 amide bonds. The van der Waals surface area contributed by atoms with E-state index in [1.54, 1.807) is 11.0 Å². The average Bonchev–Trinajstić information content (AvgIpc) is 2.94. The van der Waals surface area contributed by atoms with E-state index >= 15 is 0 Å². The first-order valence-corrected chi connectivity index (χ1v) is 8.26. The van der Waals surface area contributed by atoms with Crippen molar-refractivity contribution in [2.75, 3.05) is 11.9 Å². The number of aryl methyl sites for hydroxylation is 1. The van der Waals surface area contributed by atoms with Crippen molar-refractivity contribution in [3.8, 4) is 0 Å². The van der Waals surface area contributed by atoms with E-state index in [9.17, 15) is 9.59 Å². The van der Waals surface area contributed by atoms with E-state index in [0.29, 0.717) is 24.6 Å². The second-order valence-electron chi connectivity index (χ2n) is 6.74. The number of rotatable bonds is 4. The summed E-state index contributed by atoms with van der Waals surface area (Å²) in [5.74, 6) is 1.18. The van der Waals surface area contributed by atoms with E-state index in [2.05, 4.69) is 15.3 Å². The number of nitrogens with one attached hydrogen (secondary N) is 1. The van der Waals surface area contributed by atoms with E-state index in [0.717, 1.165) is 12.1 Å². The quantitative estimate of drug-likeness (QED) is 0.925. The van der Waals surface area contributed by atoms with Crippen molar-refractivity contribution in [1.82, 2.24) is 14.9 Å². The zero-order valence-electron chi connectivity index (χ0n) is 14.6. The Kier molecular flexibility index (Phi) is 5.34. The highest BCUT2D eigenvalue weighted by atomic mass is 16.2. The van der Waals surface area contributed by atoms with Crippen LogP contribution in [0.3, 0.4) is 0 Å². The molecule has 1 aliphatic rings. The maximum absolute atomic E-state index is 12.6. The van der Waals surface area contributed by atoms with Crippen molar-refractivity contribution in [1.29, 1.82) is 0 Å². The van der Waals surface area contributed by atoms with Gasteiger partial charge in [0, 0.05) is 30.1 Å². The maximum Gasteiger partial charge on any atom is 0.248 e. The summed E-state index contributed by atoms with van der Waals surface area (Å²) in [6.07, 6.45) is 1.56.